The van der Waals surface area contributed by atoms with Crippen molar-refractivity contribution in [2.75, 3.05) is 23.7 Å². The largest absolute Gasteiger partial charge is 0.368 e. The minimum Gasteiger partial charge on any atom is -0.368 e. The molecule has 3 nitrogen and oxygen atoms in total. The average molecular weight is 283 g/mol. The van der Waals surface area contributed by atoms with Crippen LogP contribution in [0.5, 0.6) is 0 Å². The van der Waals surface area contributed by atoms with Gasteiger partial charge in [0.1, 0.15) is 0 Å². The molecule has 1 fully saturated rings. The first-order valence-electron chi connectivity index (χ1n) is 7.45. The lowest BCUT2D eigenvalue weighted by atomic mass is 9.80. The SMILES string of the molecule is CCNc1nc(NCC2CCCCC2C)c(F)cc1F. The van der Waals surface area contributed by atoms with Gasteiger partial charge in [-0.15, -0.1) is 0 Å². The number of halogens is 2. The highest BCUT2D eigenvalue weighted by Crippen LogP contribution is 2.30. The van der Waals surface area contributed by atoms with E-state index in [0.717, 1.165) is 12.5 Å². The van der Waals surface area contributed by atoms with E-state index in [1.54, 1.807) is 0 Å². The summed E-state index contributed by atoms with van der Waals surface area (Å²) in [5.74, 6) is 0.146. The normalized spacial score (nSPS) is 22.6. The molecule has 1 aromatic heterocycles. The second-order valence-corrected chi connectivity index (χ2v) is 5.58. The van der Waals surface area contributed by atoms with Crippen LogP contribution in [0.4, 0.5) is 20.4 Å². The van der Waals surface area contributed by atoms with Crippen LogP contribution in [-0.2, 0) is 0 Å². The first-order chi connectivity index (χ1) is 9.61. The van der Waals surface area contributed by atoms with E-state index in [2.05, 4.69) is 22.5 Å². The summed E-state index contributed by atoms with van der Waals surface area (Å²) in [6.07, 6.45) is 4.91. The fourth-order valence-corrected chi connectivity index (χ4v) is 2.81. The predicted octanol–water partition coefficient (Wildman–Crippen LogP) is 4.03. The van der Waals surface area contributed by atoms with Crippen LogP contribution in [-0.4, -0.2) is 18.1 Å². The molecular formula is C15H23F2N3. The lowest BCUT2D eigenvalue weighted by Gasteiger charge is -2.29. The maximum absolute atomic E-state index is 13.7. The molecule has 0 saturated heterocycles. The van der Waals surface area contributed by atoms with Gasteiger partial charge in [0, 0.05) is 19.2 Å². The molecule has 112 valence electrons. The minimum absolute atomic E-state index is 0.105. The number of pyridine rings is 1. The summed E-state index contributed by atoms with van der Waals surface area (Å²) in [5, 5.41) is 5.84. The summed E-state index contributed by atoms with van der Waals surface area (Å²) >= 11 is 0. The van der Waals surface area contributed by atoms with Crippen LogP contribution < -0.4 is 10.6 Å². The van der Waals surface area contributed by atoms with Crippen molar-refractivity contribution in [3.05, 3.63) is 17.7 Å². The van der Waals surface area contributed by atoms with Crippen molar-refractivity contribution in [1.29, 1.82) is 0 Å². The van der Waals surface area contributed by atoms with Crippen molar-refractivity contribution in [3.63, 3.8) is 0 Å². The molecule has 20 heavy (non-hydrogen) atoms. The zero-order chi connectivity index (χ0) is 14.5. The highest BCUT2D eigenvalue weighted by Gasteiger charge is 2.21. The summed E-state index contributed by atoms with van der Waals surface area (Å²) in [7, 11) is 0. The Morgan fingerprint density at radius 1 is 1.15 bits per heavy atom. The molecule has 0 amide bonds. The monoisotopic (exact) mass is 283 g/mol. The van der Waals surface area contributed by atoms with Gasteiger partial charge in [-0.05, 0) is 25.2 Å². The van der Waals surface area contributed by atoms with E-state index in [9.17, 15) is 8.78 Å². The summed E-state index contributed by atoms with van der Waals surface area (Å²) < 4.78 is 27.2. The first-order valence-corrected chi connectivity index (χ1v) is 7.45. The maximum Gasteiger partial charge on any atom is 0.168 e. The van der Waals surface area contributed by atoms with Gasteiger partial charge in [-0.1, -0.05) is 26.2 Å². The smallest absolute Gasteiger partial charge is 0.168 e. The molecule has 0 bridgehead atoms. The molecular weight excluding hydrogens is 260 g/mol. The van der Waals surface area contributed by atoms with E-state index < -0.39 is 11.6 Å². The number of hydrogen-bond donors (Lipinski definition) is 2. The highest BCUT2D eigenvalue weighted by molar-refractivity contribution is 5.47. The van der Waals surface area contributed by atoms with Gasteiger partial charge in [0.15, 0.2) is 23.3 Å². The van der Waals surface area contributed by atoms with E-state index >= 15 is 0 Å². The van der Waals surface area contributed by atoms with Crippen molar-refractivity contribution in [2.45, 2.75) is 39.5 Å². The predicted molar refractivity (Wildman–Crippen MR) is 77.9 cm³/mol. The van der Waals surface area contributed by atoms with Gasteiger partial charge in [0.05, 0.1) is 0 Å². The molecule has 2 N–H and O–H groups in total. The topological polar surface area (TPSA) is 37.0 Å². The molecule has 2 atom stereocenters. The van der Waals surface area contributed by atoms with Crippen LogP contribution in [0.1, 0.15) is 39.5 Å². The summed E-state index contributed by atoms with van der Waals surface area (Å²) in [4.78, 5) is 4.00. The number of anilines is 2. The third-order valence-electron chi connectivity index (χ3n) is 4.09. The zero-order valence-corrected chi connectivity index (χ0v) is 12.2. The molecule has 0 aliphatic heterocycles. The van der Waals surface area contributed by atoms with E-state index in [-0.39, 0.29) is 11.6 Å². The summed E-state index contributed by atoms with van der Waals surface area (Å²) in [6, 6.07) is 0.887. The van der Waals surface area contributed by atoms with Crippen LogP contribution in [0.3, 0.4) is 0 Å². The van der Waals surface area contributed by atoms with Gasteiger partial charge >= 0.3 is 0 Å². The average Bonchev–Trinajstić information content (AvgIpc) is 2.42. The number of rotatable bonds is 5. The van der Waals surface area contributed by atoms with Gasteiger partial charge < -0.3 is 10.6 Å². The van der Waals surface area contributed by atoms with Crippen molar-refractivity contribution in [3.8, 4) is 0 Å². The Morgan fingerprint density at radius 2 is 1.80 bits per heavy atom. The number of hydrogen-bond acceptors (Lipinski definition) is 3. The van der Waals surface area contributed by atoms with Crippen LogP contribution in [0.2, 0.25) is 0 Å². The number of nitrogens with one attached hydrogen (secondary N) is 2. The minimum atomic E-state index is -0.652. The Balaban J connectivity index is 2.02. The first kappa shape index (κ1) is 15.0. The molecule has 0 aromatic carbocycles. The van der Waals surface area contributed by atoms with Crippen LogP contribution in [0, 0.1) is 23.5 Å². The molecule has 5 heteroatoms. The lowest BCUT2D eigenvalue weighted by Crippen LogP contribution is -2.25. The van der Waals surface area contributed by atoms with E-state index in [4.69, 9.17) is 0 Å². The van der Waals surface area contributed by atoms with Crippen molar-refractivity contribution >= 4 is 11.6 Å². The summed E-state index contributed by atoms with van der Waals surface area (Å²) in [6.45, 7) is 5.34. The standard InChI is InChI=1S/C15H23F2N3/c1-3-18-14-12(16)8-13(17)15(20-14)19-9-11-7-5-4-6-10(11)2/h8,10-11H,3-7,9H2,1-2H3,(H2,18,19,20). The van der Waals surface area contributed by atoms with Gasteiger partial charge in [0.25, 0.3) is 0 Å². The van der Waals surface area contributed by atoms with Crippen molar-refractivity contribution < 1.29 is 8.78 Å². The fraction of sp³-hybridized carbons (Fsp3) is 0.667. The number of aromatic nitrogens is 1. The Bertz CT molecular complexity index is 451. The van der Waals surface area contributed by atoms with Gasteiger partial charge in [-0.3, -0.25) is 0 Å². The molecule has 1 aromatic rings. The third kappa shape index (κ3) is 3.58. The van der Waals surface area contributed by atoms with Gasteiger partial charge in [-0.25, -0.2) is 13.8 Å². The maximum atomic E-state index is 13.7. The van der Waals surface area contributed by atoms with Crippen molar-refractivity contribution in [2.24, 2.45) is 11.8 Å². The van der Waals surface area contributed by atoms with E-state index in [0.29, 0.717) is 24.9 Å². The fourth-order valence-electron chi connectivity index (χ4n) is 2.81. The lowest BCUT2D eigenvalue weighted by molar-refractivity contribution is 0.268. The highest BCUT2D eigenvalue weighted by atomic mass is 19.1. The van der Waals surface area contributed by atoms with E-state index in [1.807, 2.05) is 6.92 Å². The molecule has 1 aliphatic rings. The Kier molecular flexibility index (Phi) is 5.15. The molecule has 1 aliphatic carbocycles. The second kappa shape index (κ2) is 6.86. The van der Waals surface area contributed by atoms with Crippen LogP contribution in [0.15, 0.2) is 6.07 Å². The van der Waals surface area contributed by atoms with Crippen LogP contribution >= 0.6 is 0 Å². The Morgan fingerprint density at radius 3 is 2.45 bits per heavy atom. The third-order valence-corrected chi connectivity index (χ3v) is 4.09. The second-order valence-electron chi connectivity index (χ2n) is 5.58. The van der Waals surface area contributed by atoms with Crippen molar-refractivity contribution in [1.82, 2.24) is 4.98 Å². The molecule has 2 rings (SSSR count). The quantitative estimate of drug-likeness (QED) is 0.856. The number of nitrogens with zero attached hydrogens (tertiary/aromatic N) is 1. The molecule has 2 unspecified atom stereocenters. The van der Waals surface area contributed by atoms with Crippen LogP contribution in [0.25, 0.3) is 0 Å². The zero-order valence-electron chi connectivity index (χ0n) is 12.2. The summed E-state index contributed by atoms with van der Waals surface area (Å²) in [5.41, 5.74) is 0. The van der Waals surface area contributed by atoms with Gasteiger partial charge in [0.2, 0.25) is 0 Å². The van der Waals surface area contributed by atoms with E-state index in [1.165, 1.54) is 19.3 Å². The molecule has 1 saturated carbocycles. The Labute approximate surface area is 119 Å². The molecule has 0 radical (unpaired) electrons. The van der Waals surface area contributed by atoms with Gasteiger partial charge in [-0.2, -0.15) is 0 Å². The molecule has 0 spiro atoms. The Hall–Kier alpha value is -1.39. The molecule has 1 heterocycles.